The second kappa shape index (κ2) is 6.85. The van der Waals surface area contributed by atoms with Crippen LogP contribution in [0, 0.1) is 11.3 Å². The Bertz CT molecular complexity index is 712. The predicted octanol–water partition coefficient (Wildman–Crippen LogP) is 4.85. The van der Waals surface area contributed by atoms with Gasteiger partial charge in [0.2, 0.25) is 0 Å². The molecule has 118 valence electrons. The van der Waals surface area contributed by atoms with Crippen molar-refractivity contribution in [2.24, 2.45) is 0 Å². The molecule has 1 unspecified atom stereocenters. The van der Waals surface area contributed by atoms with Crippen molar-refractivity contribution in [2.45, 2.75) is 32.4 Å². The maximum absolute atomic E-state index is 13.0. The van der Waals surface area contributed by atoms with E-state index in [0.717, 1.165) is 5.56 Å². The number of hydrogen-bond donors (Lipinski definition) is 0. The van der Waals surface area contributed by atoms with Crippen LogP contribution in [0.1, 0.15) is 42.7 Å². The molecule has 0 aliphatic rings. The van der Waals surface area contributed by atoms with Crippen LogP contribution in [0.5, 0.6) is 0 Å². The van der Waals surface area contributed by atoms with Crippen LogP contribution >= 0.6 is 11.6 Å². The Morgan fingerprint density at radius 3 is 2.13 bits per heavy atom. The van der Waals surface area contributed by atoms with Gasteiger partial charge in [-0.25, -0.2) is 0 Å². The van der Waals surface area contributed by atoms with Gasteiger partial charge in [0, 0.05) is 16.1 Å². The first-order valence-corrected chi connectivity index (χ1v) is 7.76. The van der Waals surface area contributed by atoms with Crippen molar-refractivity contribution in [3.8, 4) is 6.07 Å². The van der Waals surface area contributed by atoms with Crippen LogP contribution in [0.2, 0.25) is 5.02 Å². The minimum absolute atomic E-state index is 0.167. The van der Waals surface area contributed by atoms with E-state index in [9.17, 15) is 10.1 Å². The van der Waals surface area contributed by atoms with Crippen molar-refractivity contribution < 1.29 is 4.79 Å². The van der Waals surface area contributed by atoms with Crippen molar-refractivity contribution in [3.05, 3.63) is 70.7 Å². The van der Waals surface area contributed by atoms with Crippen LogP contribution in [-0.2, 0) is 0 Å². The van der Waals surface area contributed by atoms with E-state index in [0.29, 0.717) is 10.6 Å². The molecule has 0 aromatic heterocycles. The molecular weight excluding hydrogens is 308 g/mol. The summed E-state index contributed by atoms with van der Waals surface area (Å²) in [6.07, 6.45) is 0. The highest BCUT2D eigenvalue weighted by molar-refractivity contribution is 6.30. The number of nitrogens with zero attached hydrogens (tertiary/aromatic N) is 2. The van der Waals surface area contributed by atoms with Crippen LogP contribution in [0.15, 0.2) is 54.6 Å². The Hall–Kier alpha value is -2.31. The van der Waals surface area contributed by atoms with E-state index in [-0.39, 0.29) is 5.91 Å². The van der Waals surface area contributed by atoms with Crippen molar-refractivity contribution in [1.29, 1.82) is 5.26 Å². The largest absolute Gasteiger partial charge is 0.314 e. The zero-order valence-corrected chi connectivity index (χ0v) is 14.2. The first-order valence-electron chi connectivity index (χ1n) is 7.38. The Morgan fingerprint density at radius 2 is 1.65 bits per heavy atom. The van der Waals surface area contributed by atoms with Gasteiger partial charge >= 0.3 is 0 Å². The highest BCUT2D eigenvalue weighted by atomic mass is 35.5. The highest BCUT2D eigenvalue weighted by Crippen LogP contribution is 2.30. The van der Waals surface area contributed by atoms with Gasteiger partial charge in [-0.2, -0.15) is 5.26 Å². The average molecular weight is 327 g/mol. The third kappa shape index (κ3) is 3.91. The average Bonchev–Trinajstić information content (AvgIpc) is 2.52. The Balaban J connectivity index is 2.47. The van der Waals surface area contributed by atoms with E-state index in [1.54, 1.807) is 41.3 Å². The molecule has 0 spiro atoms. The van der Waals surface area contributed by atoms with Crippen LogP contribution in [0.4, 0.5) is 0 Å². The maximum atomic E-state index is 13.0. The Kier molecular flexibility index (Phi) is 5.08. The molecular formula is C19H19ClN2O. The van der Waals surface area contributed by atoms with Gasteiger partial charge in [0.05, 0.1) is 6.07 Å². The van der Waals surface area contributed by atoms with Crippen LogP contribution in [-0.4, -0.2) is 16.3 Å². The number of carbonyl (C=O) groups excluding carboxylic acids is 1. The summed E-state index contributed by atoms with van der Waals surface area (Å²) in [5.41, 5.74) is 0.806. The van der Waals surface area contributed by atoms with Gasteiger partial charge in [0.1, 0.15) is 6.04 Å². The van der Waals surface area contributed by atoms with Gasteiger partial charge in [-0.3, -0.25) is 4.79 Å². The summed E-state index contributed by atoms with van der Waals surface area (Å²) in [5, 5.41) is 10.3. The molecule has 2 rings (SSSR count). The molecule has 23 heavy (non-hydrogen) atoms. The maximum Gasteiger partial charge on any atom is 0.255 e. The molecule has 3 nitrogen and oxygen atoms in total. The number of benzene rings is 2. The normalized spacial score (nSPS) is 12.3. The van der Waals surface area contributed by atoms with Gasteiger partial charge in [0.15, 0.2) is 0 Å². The molecule has 0 radical (unpaired) electrons. The number of hydrogen-bond acceptors (Lipinski definition) is 2. The van der Waals surface area contributed by atoms with Crippen LogP contribution < -0.4 is 0 Å². The zero-order chi connectivity index (χ0) is 17.0. The molecule has 2 aromatic rings. The van der Waals surface area contributed by atoms with Crippen LogP contribution in [0.3, 0.4) is 0 Å². The lowest BCUT2D eigenvalue weighted by molar-refractivity contribution is 0.0509. The summed E-state index contributed by atoms with van der Waals surface area (Å²) >= 11 is 5.92. The van der Waals surface area contributed by atoms with E-state index >= 15 is 0 Å². The minimum atomic E-state index is -0.681. The minimum Gasteiger partial charge on any atom is -0.314 e. The molecule has 0 heterocycles. The topological polar surface area (TPSA) is 44.1 Å². The molecule has 2 aromatic carbocycles. The molecule has 0 saturated heterocycles. The standard InChI is InChI=1S/C19H19ClN2O/c1-19(2,3)22(18(23)15-7-5-4-6-8-15)17(13-21)14-9-11-16(20)12-10-14/h4-12,17H,1-3H3. The number of halogens is 1. The first-order chi connectivity index (χ1) is 10.8. The SMILES string of the molecule is CC(C)(C)N(C(=O)c1ccccc1)C(C#N)c1ccc(Cl)cc1. The van der Waals surface area contributed by atoms with Gasteiger partial charge in [-0.15, -0.1) is 0 Å². The van der Waals surface area contributed by atoms with Crippen molar-refractivity contribution in [3.63, 3.8) is 0 Å². The second-order valence-corrected chi connectivity index (χ2v) is 6.73. The molecule has 0 bridgehead atoms. The Labute approximate surface area is 142 Å². The van der Waals surface area contributed by atoms with E-state index in [1.807, 2.05) is 39.0 Å². The summed E-state index contributed by atoms with van der Waals surface area (Å²) in [4.78, 5) is 14.6. The summed E-state index contributed by atoms with van der Waals surface area (Å²) < 4.78 is 0. The van der Waals surface area contributed by atoms with Crippen molar-refractivity contribution in [2.75, 3.05) is 0 Å². The number of rotatable bonds is 3. The molecule has 1 atom stereocenters. The summed E-state index contributed by atoms with van der Waals surface area (Å²) in [6.45, 7) is 5.77. The van der Waals surface area contributed by atoms with Crippen LogP contribution in [0.25, 0.3) is 0 Å². The lowest BCUT2D eigenvalue weighted by Crippen LogP contribution is -2.47. The first kappa shape index (κ1) is 17.1. The molecule has 1 amide bonds. The van der Waals surface area contributed by atoms with Gasteiger partial charge in [0.25, 0.3) is 5.91 Å². The van der Waals surface area contributed by atoms with Crippen molar-refractivity contribution >= 4 is 17.5 Å². The van der Waals surface area contributed by atoms with E-state index in [2.05, 4.69) is 6.07 Å². The summed E-state index contributed by atoms with van der Waals surface area (Å²) in [7, 11) is 0. The lowest BCUT2D eigenvalue weighted by Gasteiger charge is -2.39. The zero-order valence-electron chi connectivity index (χ0n) is 13.5. The summed E-state index contributed by atoms with van der Waals surface area (Å²) in [6, 6.07) is 17.6. The third-order valence-corrected chi connectivity index (χ3v) is 3.78. The monoisotopic (exact) mass is 326 g/mol. The van der Waals surface area contributed by atoms with Gasteiger partial charge < -0.3 is 4.90 Å². The predicted molar refractivity (Wildman–Crippen MR) is 92.2 cm³/mol. The number of nitriles is 1. The smallest absolute Gasteiger partial charge is 0.255 e. The molecule has 0 saturated carbocycles. The summed E-state index contributed by atoms with van der Waals surface area (Å²) in [5.74, 6) is -0.167. The number of carbonyl (C=O) groups is 1. The van der Waals surface area contributed by atoms with E-state index < -0.39 is 11.6 Å². The van der Waals surface area contributed by atoms with Crippen molar-refractivity contribution in [1.82, 2.24) is 4.90 Å². The molecule has 0 N–H and O–H groups in total. The van der Waals surface area contributed by atoms with Gasteiger partial charge in [-0.05, 0) is 50.6 Å². The van der Waals surface area contributed by atoms with E-state index in [1.165, 1.54) is 0 Å². The number of amides is 1. The fourth-order valence-corrected chi connectivity index (χ4v) is 2.58. The molecule has 0 fully saturated rings. The fourth-order valence-electron chi connectivity index (χ4n) is 2.46. The quantitative estimate of drug-likeness (QED) is 0.809. The molecule has 0 aliphatic heterocycles. The fraction of sp³-hybridized carbons (Fsp3) is 0.263. The van der Waals surface area contributed by atoms with E-state index in [4.69, 9.17) is 11.6 Å². The molecule has 0 aliphatic carbocycles. The highest BCUT2D eigenvalue weighted by Gasteiger charge is 2.34. The second-order valence-electron chi connectivity index (χ2n) is 6.30. The molecule has 4 heteroatoms. The Morgan fingerprint density at radius 1 is 1.09 bits per heavy atom. The third-order valence-electron chi connectivity index (χ3n) is 3.53. The lowest BCUT2D eigenvalue weighted by atomic mass is 9.97. The van der Waals surface area contributed by atoms with Gasteiger partial charge in [-0.1, -0.05) is 41.9 Å².